The zero-order valence-electron chi connectivity index (χ0n) is 8.29. The molecule has 0 bridgehead atoms. The van der Waals surface area contributed by atoms with Crippen molar-refractivity contribution in [3.05, 3.63) is 0 Å². The summed E-state index contributed by atoms with van der Waals surface area (Å²) >= 11 is 0. The van der Waals surface area contributed by atoms with Gasteiger partial charge in [-0.3, -0.25) is 9.69 Å². The Bertz CT molecular complexity index is 178. The number of nitrogens with zero attached hydrogens (tertiary/aromatic N) is 1. The highest BCUT2D eigenvalue weighted by atomic mass is 16.3. The lowest BCUT2D eigenvalue weighted by Gasteiger charge is -2.35. The van der Waals surface area contributed by atoms with Crippen LogP contribution in [0.3, 0.4) is 0 Å². The van der Waals surface area contributed by atoms with Gasteiger partial charge in [0.2, 0.25) is 5.91 Å². The molecule has 0 aliphatic carbocycles. The maximum absolute atomic E-state index is 11.3. The lowest BCUT2D eigenvalue weighted by Crippen LogP contribution is -2.54. The molecule has 2 N–H and O–H groups in total. The summed E-state index contributed by atoms with van der Waals surface area (Å²) < 4.78 is 0. The molecule has 0 radical (unpaired) electrons. The van der Waals surface area contributed by atoms with E-state index in [1.807, 2.05) is 18.7 Å². The zero-order chi connectivity index (χ0) is 9.84. The van der Waals surface area contributed by atoms with Crippen molar-refractivity contribution in [2.45, 2.75) is 32.4 Å². The second-order valence-electron chi connectivity index (χ2n) is 3.72. The van der Waals surface area contributed by atoms with E-state index < -0.39 is 0 Å². The van der Waals surface area contributed by atoms with Crippen LogP contribution >= 0.6 is 0 Å². The smallest absolute Gasteiger partial charge is 0.234 e. The minimum Gasteiger partial charge on any atom is -0.390 e. The fraction of sp³-hybridized carbons (Fsp3) is 0.889. The van der Waals surface area contributed by atoms with Gasteiger partial charge in [0.05, 0.1) is 12.6 Å². The number of β-amino-alcohol motifs (C(OH)–C–C–N with tert-alkyl or cyclic N) is 1. The Morgan fingerprint density at radius 3 is 2.77 bits per heavy atom. The Hall–Kier alpha value is -0.610. The predicted molar refractivity (Wildman–Crippen MR) is 50.3 cm³/mol. The lowest BCUT2D eigenvalue weighted by molar-refractivity contribution is -0.125. The van der Waals surface area contributed by atoms with Gasteiger partial charge in [-0.05, 0) is 13.3 Å². The Morgan fingerprint density at radius 1 is 1.69 bits per heavy atom. The van der Waals surface area contributed by atoms with Gasteiger partial charge in [-0.15, -0.1) is 0 Å². The fourth-order valence-electron chi connectivity index (χ4n) is 1.30. The quantitative estimate of drug-likeness (QED) is 0.627. The van der Waals surface area contributed by atoms with Crippen LogP contribution < -0.4 is 5.32 Å². The molecule has 0 saturated carbocycles. The van der Waals surface area contributed by atoms with Crippen LogP contribution in [0.4, 0.5) is 0 Å². The highest BCUT2D eigenvalue weighted by molar-refractivity contribution is 5.78. The van der Waals surface area contributed by atoms with Crippen LogP contribution in [0.25, 0.3) is 0 Å². The van der Waals surface area contributed by atoms with Crippen molar-refractivity contribution in [3.8, 4) is 0 Å². The van der Waals surface area contributed by atoms with Gasteiger partial charge in [-0.2, -0.15) is 0 Å². The number of rotatable bonds is 4. The van der Waals surface area contributed by atoms with E-state index in [4.69, 9.17) is 5.11 Å². The molecule has 76 valence electrons. The Labute approximate surface area is 78.9 Å². The second kappa shape index (κ2) is 4.58. The normalized spacial score (nSPS) is 20.8. The molecule has 1 amide bonds. The van der Waals surface area contributed by atoms with E-state index in [-0.39, 0.29) is 18.1 Å². The van der Waals surface area contributed by atoms with Crippen molar-refractivity contribution in [1.29, 1.82) is 0 Å². The van der Waals surface area contributed by atoms with Gasteiger partial charge in [0.1, 0.15) is 0 Å². The molecule has 1 saturated heterocycles. The third-order valence-electron chi connectivity index (χ3n) is 2.32. The minimum absolute atomic E-state index is 0.0567. The molecule has 4 heteroatoms. The first-order chi connectivity index (χ1) is 6.11. The Kier molecular flexibility index (Phi) is 3.69. The van der Waals surface area contributed by atoms with Crippen LogP contribution in [0, 0.1) is 0 Å². The summed E-state index contributed by atoms with van der Waals surface area (Å²) in [6, 6.07) is 0.249. The lowest BCUT2D eigenvalue weighted by atomic mass is 10.2. The first kappa shape index (κ1) is 10.5. The number of hydrogen-bond donors (Lipinski definition) is 2. The first-order valence-electron chi connectivity index (χ1n) is 4.81. The van der Waals surface area contributed by atoms with E-state index in [1.54, 1.807) is 0 Å². The van der Waals surface area contributed by atoms with Crippen molar-refractivity contribution < 1.29 is 9.90 Å². The number of carbonyl (C=O) groups is 1. The standard InChI is InChI=1S/C9H18N2O2/c1-3-7(2)10-9(13)6-11-4-8(12)5-11/h7-8,12H,3-6H2,1-2H3,(H,10,13)/t7-/m0/s1. The largest absolute Gasteiger partial charge is 0.390 e. The van der Waals surface area contributed by atoms with E-state index in [2.05, 4.69) is 5.32 Å². The van der Waals surface area contributed by atoms with Crippen molar-refractivity contribution >= 4 is 5.91 Å². The Morgan fingerprint density at radius 2 is 2.31 bits per heavy atom. The number of hydrogen-bond acceptors (Lipinski definition) is 3. The number of likely N-dealkylation sites (tertiary alicyclic amines) is 1. The second-order valence-corrected chi connectivity index (χ2v) is 3.72. The molecule has 4 nitrogen and oxygen atoms in total. The van der Waals surface area contributed by atoms with Crippen LogP contribution in [0.5, 0.6) is 0 Å². The third-order valence-corrected chi connectivity index (χ3v) is 2.32. The molecule has 1 atom stereocenters. The van der Waals surface area contributed by atoms with E-state index >= 15 is 0 Å². The Balaban J connectivity index is 2.11. The number of carbonyl (C=O) groups excluding carboxylic acids is 1. The maximum Gasteiger partial charge on any atom is 0.234 e. The van der Waals surface area contributed by atoms with E-state index in [0.29, 0.717) is 19.6 Å². The molecule has 1 rings (SSSR count). The van der Waals surface area contributed by atoms with Crippen LogP contribution in [0.1, 0.15) is 20.3 Å². The highest BCUT2D eigenvalue weighted by Gasteiger charge is 2.25. The molecule has 1 aliphatic rings. The van der Waals surface area contributed by atoms with Gasteiger partial charge in [0.25, 0.3) is 0 Å². The summed E-state index contributed by atoms with van der Waals surface area (Å²) in [5, 5.41) is 11.9. The summed E-state index contributed by atoms with van der Waals surface area (Å²) in [6.07, 6.45) is 0.727. The minimum atomic E-state index is -0.226. The third kappa shape index (κ3) is 3.32. The van der Waals surface area contributed by atoms with Gasteiger partial charge >= 0.3 is 0 Å². The van der Waals surface area contributed by atoms with Gasteiger partial charge in [0, 0.05) is 19.1 Å². The average Bonchev–Trinajstić information content (AvgIpc) is 2.01. The van der Waals surface area contributed by atoms with E-state index in [1.165, 1.54) is 0 Å². The molecule has 1 fully saturated rings. The highest BCUT2D eigenvalue weighted by Crippen LogP contribution is 2.05. The maximum atomic E-state index is 11.3. The SMILES string of the molecule is CC[C@H](C)NC(=O)CN1CC(O)C1. The van der Waals surface area contributed by atoms with Gasteiger partial charge in [-0.1, -0.05) is 6.92 Å². The molecule has 0 spiro atoms. The van der Waals surface area contributed by atoms with Gasteiger partial charge in [-0.25, -0.2) is 0 Å². The molecular weight excluding hydrogens is 168 g/mol. The molecule has 0 aromatic carbocycles. The van der Waals surface area contributed by atoms with E-state index in [0.717, 1.165) is 6.42 Å². The van der Waals surface area contributed by atoms with Crippen LogP contribution in [0.15, 0.2) is 0 Å². The molecule has 0 unspecified atom stereocenters. The fourth-order valence-corrected chi connectivity index (χ4v) is 1.30. The van der Waals surface area contributed by atoms with E-state index in [9.17, 15) is 4.79 Å². The molecular formula is C9H18N2O2. The van der Waals surface area contributed by atoms with Crippen LogP contribution in [0.2, 0.25) is 0 Å². The number of aliphatic hydroxyl groups excluding tert-OH is 1. The summed E-state index contributed by atoms with van der Waals surface area (Å²) in [5.41, 5.74) is 0. The summed E-state index contributed by atoms with van der Waals surface area (Å²) in [5.74, 6) is 0.0567. The summed E-state index contributed by atoms with van der Waals surface area (Å²) in [6.45, 7) is 5.71. The molecule has 13 heavy (non-hydrogen) atoms. The summed E-state index contributed by atoms with van der Waals surface area (Å²) in [7, 11) is 0. The van der Waals surface area contributed by atoms with Crippen molar-refractivity contribution in [3.63, 3.8) is 0 Å². The molecule has 1 heterocycles. The van der Waals surface area contributed by atoms with Crippen LogP contribution in [-0.4, -0.2) is 47.7 Å². The number of amides is 1. The monoisotopic (exact) mass is 186 g/mol. The molecule has 1 aliphatic heterocycles. The van der Waals surface area contributed by atoms with Gasteiger partial charge in [0.15, 0.2) is 0 Å². The first-order valence-corrected chi connectivity index (χ1v) is 4.81. The number of nitrogens with one attached hydrogen (secondary N) is 1. The predicted octanol–water partition coefficient (Wildman–Crippen LogP) is -0.422. The topological polar surface area (TPSA) is 52.6 Å². The summed E-state index contributed by atoms with van der Waals surface area (Å²) in [4.78, 5) is 13.2. The number of aliphatic hydroxyl groups is 1. The zero-order valence-corrected chi connectivity index (χ0v) is 8.29. The van der Waals surface area contributed by atoms with Crippen molar-refractivity contribution in [2.24, 2.45) is 0 Å². The van der Waals surface area contributed by atoms with Gasteiger partial charge < -0.3 is 10.4 Å². The molecule has 0 aromatic heterocycles. The van der Waals surface area contributed by atoms with Crippen molar-refractivity contribution in [2.75, 3.05) is 19.6 Å². The van der Waals surface area contributed by atoms with Crippen LogP contribution in [-0.2, 0) is 4.79 Å². The average molecular weight is 186 g/mol. The van der Waals surface area contributed by atoms with Crippen molar-refractivity contribution in [1.82, 2.24) is 10.2 Å². The molecule has 0 aromatic rings.